The van der Waals surface area contributed by atoms with E-state index >= 15 is 0 Å². The molecule has 2 aromatic carbocycles. The van der Waals surface area contributed by atoms with E-state index in [1.165, 1.54) is 11.3 Å². The molecule has 3 aromatic rings. The molecule has 4 rings (SSSR count). The van der Waals surface area contributed by atoms with Crippen molar-refractivity contribution in [3.05, 3.63) is 76.2 Å². The van der Waals surface area contributed by atoms with Crippen LogP contribution in [0.15, 0.2) is 59.4 Å². The summed E-state index contributed by atoms with van der Waals surface area (Å²) in [6, 6.07) is 14.9. The Hall–Kier alpha value is -3.19. The van der Waals surface area contributed by atoms with E-state index in [0.717, 1.165) is 36.3 Å². The van der Waals surface area contributed by atoms with Gasteiger partial charge in [-0.25, -0.2) is 4.98 Å². The number of thiazole rings is 1. The van der Waals surface area contributed by atoms with Gasteiger partial charge in [0.25, 0.3) is 5.91 Å². The van der Waals surface area contributed by atoms with Crippen LogP contribution >= 0.6 is 11.3 Å². The Morgan fingerprint density at radius 3 is 2.90 bits per heavy atom. The summed E-state index contributed by atoms with van der Waals surface area (Å²) >= 11 is 1.52. The molecule has 154 valence electrons. The smallest absolute Gasteiger partial charge is 0.251 e. The summed E-state index contributed by atoms with van der Waals surface area (Å²) in [6.07, 6.45) is 2.58. The molecular weight excluding hydrogens is 398 g/mol. The number of carbonyl (C=O) groups is 2. The molecule has 2 amide bonds. The number of ether oxygens (including phenoxy) is 1. The molecule has 6 nitrogen and oxygen atoms in total. The standard InChI is InChI=1S/C23H23N3O3S/c27-22-9-1-2-10-26(22)20-7-3-5-17(11-20)13-24-23(28)18-6-4-8-21(12-18)29-14-19-15-30-16-25-19/h3-8,11-12,15-16H,1-2,9-10,13-14H2,(H,24,28). The Bertz CT molecular complexity index is 1020. The number of aromatic nitrogens is 1. The molecule has 0 bridgehead atoms. The minimum atomic E-state index is -0.173. The molecule has 1 saturated heterocycles. The number of hydrogen-bond acceptors (Lipinski definition) is 5. The number of piperidine rings is 1. The van der Waals surface area contributed by atoms with E-state index in [4.69, 9.17) is 4.74 Å². The van der Waals surface area contributed by atoms with Gasteiger partial charge >= 0.3 is 0 Å². The van der Waals surface area contributed by atoms with Crippen LogP contribution in [0.2, 0.25) is 0 Å². The van der Waals surface area contributed by atoms with Gasteiger partial charge in [0, 0.05) is 36.1 Å². The molecule has 1 aliphatic heterocycles. The Morgan fingerprint density at radius 2 is 2.07 bits per heavy atom. The minimum Gasteiger partial charge on any atom is -0.487 e. The predicted molar refractivity (Wildman–Crippen MR) is 117 cm³/mol. The van der Waals surface area contributed by atoms with Crippen molar-refractivity contribution >= 4 is 28.8 Å². The van der Waals surface area contributed by atoms with Crippen molar-refractivity contribution in [3.8, 4) is 5.75 Å². The first-order valence-electron chi connectivity index (χ1n) is 9.96. The maximum atomic E-state index is 12.6. The maximum absolute atomic E-state index is 12.6. The second kappa shape index (κ2) is 9.54. The highest BCUT2D eigenvalue weighted by Crippen LogP contribution is 2.22. The first-order chi connectivity index (χ1) is 14.7. The van der Waals surface area contributed by atoms with Crippen LogP contribution in [0.4, 0.5) is 5.69 Å². The highest BCUT2D eigenvalue weighted by atomic mass is 32.1. The van der Waals surface area contributed by atoms with Gasteiger partial charge in [-0.05, 0) is 48.7 Å². The van der Waals surface area contributed by atoms with Crippen molar-refractivity contribution in [1.29, 1.82) is 0 Å². The summed E-state index contributed by atoms with van der Waals surface area (Å²) in [5, 5.41) is 4.88. The van der Waals surface area contributed by atoms with E-state index < -0.39 is 0 Å². The lowest BCUT2D eigenvalue weighted by atomic mass is 10.1. The monoisotopic (exact) mass is 421 g/mol. The fourth-order valence-corrected chi connectivity index (χ4v) is 3.93. The van der Waals surface area contributed by atoms with Crippen molar-refractivity contribution in [1.82, 2.24) is 10.3 Å². The van der Waals surface area contributed by atoms with Gasteiger partial charge in [-0.3, -0.25) is 9.59 Å². The average Bonchev–Trinajstić information content (AvgIpc) is 3.30. The third-order valence-electron chi connectivity index (χ3n) is 4.97. The molecular formula is C23H23N3O3S. The van der Waals surface area contributed by atoms with Gasteiger partial charge in [-0.1, -0.05) is 18.2 Å². The normalized spacial score (nSPS) is 13.9. The van der Waals surface area contributed by atoms with E-state index in [1.54, 1.807) is 23.7 Å². The van der Waals surface area contributed by atoms with Gasteiger partial charge in [0.05, 0.1) is 11.2 Å². The molecule has 1 aliphatic rings. The van der Waals surface area contributed by atoms with Crippen molar-refractivity contribution in [2.45, 2.75) is 32.4 Å². The quantitative estimate of drug-likeness (QED) is 0.622. The van der Waals surface area contributed by atoms with Crippen molar-refractivity contribution in [2.75, 3.05) is 11.4 Å². The molecule has 0 spiro atoms. The third kappa shape index (κ3) is 5.04. The van der Waals surface area contributed by atoms with Gasteiger partial charge in [0.2, 0.25) is 5.91 Å². The topological polar surface area (TPSA) is 71.5 Å². The molecule has 0 atom stereocenters. The summed E-state index contributed by atoms with van der Waals surface area (Å²) in [7, 11) is 0. The Labute approximate surface area is 179 Å². The first-order valence-corrected chi connectivity index (χ1v) is 10.9. The van der Waals surface area contributed by atoms with Crippen molar-refractivity contribution < 1.29 is 14.3 Å². The van der Waals surface area contributed by atoms with Gasteiger partial charge in [-0.15, -0.1) is 11.3 Å². The van der Waals surface area contributed by atoms with Crippen molar-refractivity contribution in [3.63, 3.8) is 0 Å². The van der Waals surface area contributed by atoms with Crippen LogP contribution in [-0.4, -0.2) is 23.3 Å². The number of benzene rings is 2. The van der Waals surface area contributed by atoms with Gasteiger partial charge in [0.1, 0.15) is 12.4 Å². The van der Waals surface area contributed by atoms with Crippen LogP contribution in [0.1, 0.15) is 40.9 Å². The number of nitrogens with zero attached hydrogens (tertiary/aromatic N) is 2. The van der Waals surface area contributed by atoms with Crippen LogP contribution in [0.3, 0.4) is 0 Å². The first kappa shape index (κ1) is 20.1. The Kier molecular flexibility index (Phi) is 6.39. The summed E-state index contributed by atoms with van der Waals surface area (Å²) in [4.78, 5) is 30.8. The summed E-state index contributed by atoms with van der Waals surface area (Å²) in [5.74, 6) is 0.617. The molecule has 0 unspecified atom stereocenters. The van der Waals surface area contributed by atoms with Crippen LogP contribution in [0.25, 0.3) is 0 Å². The average molecular weight is 422 g/mol. The summed E-state index contributed by atoms with van der Waals surface area (Å²) in [6.45, 7) is 1.51. The van der Waals surface area contributed by atoms with Crippen LogP contribution in [-0.2, 0) is 17.9 Å². The zero-order valence-electron chi connectivity index (χ0n) is 16.5. The van der Waals surface area contributed by atoms with E-state index in [9.17, 15) is 9.59 Å². The molecule has 0 radical (unpaired) electrons. The van der Waals surface area contributed by atoms with Gasteiger partial charge < -0.3 is 15.0 Å². The number of nitrogens with one attached hydrogen (secondary N) is 1. The Balaban J connectivity index is 1.36. The number of hydrogen-bond donors (Lipinski definition) is 1. The summed E-state index contributed by atoms with van der Waals surface area (Å²) < 4.78 is 5.72. The second-order valence-electron chi connectivity index (χ2n) is 7.15. The molecule has 1 N–H and O–H groups in total. The highest BCUT2D eigenvalue weighted by Gasteiger charge is 2.19. The van der Waals surface area contributed by atoms with E-state index in [0.29, 0.717) is 30.9 Å². The lowest BCUT2D eigenvalue weighted by Gasteiger charge is -2.27. The molecule has 30 heavy (non-hydrogen) atoms. The number of amides is 2. The minimum absolute atomic E-state index is 0.164. The zero-order valence-corrected chi connectivity index (χ0v) is 17.4. The molecule has 2 heterocycles. The van der Waals surface area contributed by atoms with Gasteiger partial charge in [0.15, 0.2) is 0 Å². The number of rotatable bonds is 7. The highest BCUT2D eigenvalue weighted by molar-refractivity contribution is 7.07. The lowest BCUT2D eigenvalue weighted by Crippen LogP contribution is -2.35. The largest absolute Gasteiger partial charge is 0.487 e. The van der Waals surface area contributed by atoms with Crippen LogP contribution < -0.4 is 15.0 Å². The lowest BCUT2D eigenvalue weighted by molar-refractivity contribution is -0.119. The van der Waals surface area contributed by atoms with Crippen LogP contribution in [0, 0.1) is 0 Å². The SMILES string of the molecule is O=C(NCc1cccc(N2CCCCC2=O)c1)c1cccc(OCc2cscn2)c1. The number of carbonyl (C=O) groups excluding carboxylic acids is 2. The molecule has 1 aromatic heterocycles. The fourth-order valence-electron chi connectivity index (χ4n) is 3.39. The van der Waals surface area contributed by atoms with E-state index in [1.807, 2.05) is 40.6 Å². The molecule has 1 fully saturated rings. The Morgan fingerprint density at radius 1 is 1.17 bits per heavy atom. The number of anilines is 1. The third-order valence-corrected chi connectivity index (χ3v) is 5.60. The maximum Gasteiger partial charge on any atom is 0.251 e. The second-order valence-corrected chi connectivity index (χ2v) is 7.87. The predicted octanol–water partition coefficient (Wildman–Crippen LogP) is 4.17. The van der Waals surface area contributed by atoms with Crippen molar-refractivity contribution in [2.24, 2.45) is 0 Å². The van der Waals surface area contributed by atoms with Gasteiger partial charge in [-0.2, -0.15) is 0 Å². The zero-order chi connectivity index (χ0) is 20.8. The molecule has 0 aliphatic carbocycles. The van der Waals surface area contributed by atoms with E-state index in [-0.39, 0.29) is 11.8 Å². The van der Waals surface area contributed by atoms with E-state index in [2.05, 4.69) is 10.3 Å². The summed E-state index contributed by atoms with van der Waals surface area (Å²) in [5.41, 5.74) is 5.01. The molecule has 7 heteroatoms. The van der Waals surface area contributed by atoms with Crippen LogP contribution in [0.5, 0.6) is 5.75 Å². The fraction of sp³-hybridized carbons (Fsp3) is 0.261. The molecule has 0 saturated carbocycles.